The summed E-state index contributed by atoms with van der Waals surface area (Å²) in [5.74, 6) is -3.07. The molecule has 1 aliphatic rings. The van der Waals surface area contributed by atoms with Crippen molar-refractivity contribution in [1.29, 1.82) is 0 Å². The molecule has 2 aromatic carbocycles. The van der Waals surface area contributed by atoms with Crippen LogP contribution in [0.2, 0.25) is 0 Å². The van der Waals surface area contributed by atoms with Gasteiger partial charge in [0.2, 0.25) is 11.0 Å². The number of nitro benzene ring substituents is 2. The van der Waals surface area contributed by atoms with Gasteiger partial charge in [-0.15, -0.1) is 0 Å². The maximum Gasteiger partial charge on any atom is 0.359 e. The number of nitrogens with zero attached hydrogens (tertiary/aromatic N) is 3. The predicted molar refractivity (Wildman–Crippen MR) is 147 cm³/mol. The molecule has 3 rings (SSSR count). The maximum atomic E-state index is 13.5. The third-order valence-electron chi connectivity index (χ3n) is 5.77. The average molecular weight is 608 g/mol. The highest BCUT2D eigenvalue weighted by Crippen LogP contribution is 2.41. The molecule has 41 heavy (non-hydrogen) atoms. The molecule has 0 spiro atoms. The van der Waals surface area contributed by atoms with Gasteiger partial charge in [0, 0.05) is 23.6 Å². The van der Waals surface area contributed by atoms with Crippen LogP contribution in [0.1, 0.15) is 33.3 Å². The van der Waals surface area contributed by atoms with Crippen LogP contribution in [0.4, 0.5) is 11.4 Å². The van der Waals surface area contributed by atoms with Crippen molar-refractivity contribution in [2.75, 3.05) is 0 Å². The summed E-state index contributed by atoms with van der Waals surface area (Å²) >= 11 is 6.89. The summed E-state index contributed by atoms with van der Waals surface area (Å²) in [4.78, 5) is 61.4. The standard InChI is InChI=1S/C26H26ClN3O10S/c1-14(31)19-21(27)28(22(19)32)20(23(33)39-13-15-8-10-16(11-9-15)29(35)36)24(41-25(34)26(2,3)4)40-18-7-5-6-17(12-18)30(37)38/h5-12,14,19,21,31H,13H2,1-4H3/t14-,19-,21-/m1/s1. The van der Waals surface area contributed by atoms with Crippen LogP contribution < -0.4 is 4.74 Å². The molecule has 1 fully saturated rings. The van der Waals surface area contributed by atoms with Gasteiger partial charge in [0.15, 0.2) is 10.8 Å². The highest BCUT2D eigenvalue weighted by molar-refractivity contribution is 8.16. The van der Waals surface area contributed by atoms with Crippen molar-refractivity contribution in [3.05, 3.63) is 85.1 Å². The molecule has 0 saturated carbocycles. The number of benzene rings is 2. The third kappa shape index (κ3) is 7.39. The summed E-state index contributed by atoms with van der Waals surface area (Å²) in [6.45, 7) is 5.81. The number of aliphatic hydroxyl groups excluding tert-OH is 1. The zero-order valence-electron chi connectivity index (χ0n) is 22.3. The number of halogens is 1. The summed E-state index contributed by atoms with van der Waals surface area (Å²) in [5.41, 5.74) is -2.85. The average Bonchev–Trinajstić information content (AvgIpc) is 2.89. The fraction of sp³-hybridized carbons (Fsp3) is 0.346. The number of alkyl halides is 1. The van der Waals surface area contributed by atoms with Gasteiger partial charge in [0.1, 0.15) is 17.9 Å². The number of aliphatic hydroxyl groups is 1. The Hall–Kier alpha value is -4.01. The summed E-state index contributed by atoms with van der Waals surface area (Å²) in [5, 5.41) is 31.3. The number of hydrogen-bond donors (Lipinski definition) is 1. The highest BCUT2D eigenvalue weighted by atomic mass is 35.5. The fourth-order valence-corrected chi connectivity index (χ4v) is 4.88. The second-order valence-corrected chi connectivity index (χ2v) is 11.4. The first kappa shape index (κ1) is 31.5. The normalized spacial score (nSPS) is 18.1. The maximum absolute atomic E-state index is 13.5. The van der Waals surface area contributed by atoms with Crippen LogP contribution in [0.3, 0.4) is 0 Å². The van der Waals surface area contributed by atoms with E-state index in [1.807, 2.05) is 0 Å². The number of carbonyl (C=O) groups is 3. The molecular formula is C26H26ClN3O10S. The van der Waals surface area contributed by atoms with Crippen molar-refractivity contribution in [3.8, 4) is 5.75 Å². The van der Waals surface area contributed by atoms with Crippen molar-refractivity contribution in [3.63, 3.8) is 0 Å². The van der Waals surface area contributed by atoms with E-state index < -0.39 is 60.6 Å². The van der Waals surface area contributed by atoms with E-state index in [9.17, 15) is 39.7 Å². The Morgan fingerprint density at radius 3 is 2.22 bits per heavy atom. The van der Waals surface area contributed by atoms with Crippen molar-refractivity contribution in [2.45, 2.75) is 45.9 Å². The molecule has 1 heterocycles. The van der Waals surface area contributed by atoms with E-state index in [1.54, 1.807) is 20.8 Å². The zero-order chi connectivity index (χ0) is 30.6. The van der Waals surface area contributed by atoms with Crippen molar-refractivity contribution < 1.29 is 38.8 Å². The van der Waals surface area contributed by atoms with Gasteiger partial charge in [-0.05, 0) is 42.4 Å². The van der Waals surface area contributed by atoms with Crippen LogP contribution >= 0.6 is 23.4 Å². The minimum atomic E-state index is -1.22. The van der Waals surface area contributed by atoms with Gasteiger partial charge in [-0.1, -0.05) is 38.4 Å². The molecular weight excluding hydrogens is 582 g/mol. The Morgan fingerprint density at radius 1 is 1.10 bits per heavy atom. The Balaban J connectivity index is 2.08. The number of carbonyl (C=O) groups excluding carboxylic acids is 3. The number of β-lactam (4-membered cyclic amide) rings is 1. The Bertz CT molecular complexity index is 1400. The van der Waals surface area contributed by atoms with E-state index in [0.717, 1.165) is 11.0 Å². The van der Waals surface area contributed by atoms with Crippen molar-refractivity contribution in [2.24, 2.45) is 11.3 Å². The van der Waals surface area contributed by atoms with Gasteiger partial charge in [-0.3, -0.25) is 34.7 Å². The molecule has 15 heteroatoms. The van der Waals surface area contributed by atoms with E-state index in [2.05, 4.69) is 0 Å². The summed E-state index contributed by atoms with van der Waals surface area (Å²) < 4.78 is 11.2. The number of nitro groups is 2. The topological polar surface area (TPSA) is 179 Å². The highest BCUT2D eigenvalue weighted by Gasteiger charge is 2.53. The fourth-order valence-electron chi connectivity index (χ4n) is 3.48. The number of amides is 1. The monoisotopic (exact) mass is 607 g/mol. The lowest BCUT2D eigenvalue weighted by molar-refractivity contribution is -0.385. The molecule has 0 radical (unpaired) electrons. The van der Waals surface area contributed by atoms with E-state index in [4.69, 9.17) is 21.1 Å². The molecule has 0 aliphatic carbocycles. The number of hydrogen-bond acceptors (Lipinski definition) is 11. The number of rotatable bonds is 10. The molecule has 1 saturated heterocycles. The van der Waals surface area contributed by atoms with Crippen molar-refractivity contribution >= 4 is 51.7 Å². The Kier molecular flexibility index (Phi) is 9.73. The van der Waals surface area contributed by atoms with Crippen LogP contribution in [0, 0.1) is 31.6 Å². The molecule has 13 nitrogen and oxygen atoms in total. The minimum Gasteiger partial charge on any atom is -0.456 e. The van der Waals surface area contributed by atoms with Gasteiger partial charge in [0.05, 0.1) is 27.9 Å². The molecule has 0 unspecified atom stereocenters. The predicted octanol–water partition coefficient (Wildman–Crippen LogP) is 4.50. The molecule has 1 aliphatic heterocycles. The first-order chi connectivity index (χ1) is 19.1. The number of likely N-dealkylation sites (tertiary alicyclic amines) is 1. The smallest absolute Gasteiger partial charge is 0.359 e. The van der Waals surface area contributed by atoms with E-state index >= 15 is 0 Å². The van der Waals surface area contributed by atoms with E-state index in [-0.39, 0.29) is 23.7 Å². The molecule has 0 bridgehead atoms. The Labute approximate surface area is 243 Å². The van der Waals surface area contributed by atoms with Gasteiger partial charge in [-0.2, -0.15) is 0 Å². The van der Waals surface area contributed by atoms with Crippen LogP contribution in [0.5, 0.6) is 5.75 Å². The summed E-state index contributed by atoms with van der Waals surface area (Å²) in [6.07, 6.45) is -1.16. The van der Waals surface area contributed by atoms with Crippen molar-refractivity contribution in [1.82, 2.24) is 4.90 Å². The summed E-state index contributed by atoms with van der Waals surface area (Å²) in [7, 11) is 0. The van der Waals surface area contributed by atoms with Gasteiger partial charge in [-0.25, -0.2) is 4.79 Å². The SMILES string of the molecule is C[C@@H](O)[C@H]1C(=O)N(C(C(=O)OCc2ccc([N+](=O)[O-])cc2)=C(Oc2cccc([N+](=O)[O-])c2)SC(=O)C(C)(C)C)[C@H]1Cl. The lowest BCUT2D eigenvalue weighted by atomic mass is 9.92. The number of thioether (sulfide) groups is 1. The molecule has 3 atom stereocenters. The zero-order valence-corrected chi connectivity index (χ0v) is 23.9. The largest absolute Gasteiger partial charge is 0.456 e. The number of ether oxygens (including phenoxy) is 2. The lowest BCUT2D eigenvalue weighted by Gasteiger charge is -2.45. The number of non-ortho nitro benzene ring substituents is 2. The summed E-state index contributed by atoms with van der Waals surface area (Å²) in [6, 6.07) is 10.1. The third-order valence-corrected chi connectivity index (χ3v) is 7.49. The molecule has 218 valence electrons. The van der Waals surface area contributed by atoms with Crippen LogP contribution in [-0.2, 0) is 25.7 Å². The quantitative estimate of drug-likeness (QED) is 0.0587. The molecule has 1 N–H and O–H groups in total. The van der Waals surface area contributed by atoms with Gasteiger partial charge < -0.3 is 14.6 Å². The minimum absolute atomic E-state index is 0.116. The van der Waals surface area contributed by atoms with E-state index in [1.165, 1.54) is 49.4 Å². The van der Waals surface area contributed by atoms with Gasteiger partial charge in [0.25, 0.3) is 11.4 Å². The first-order valence-corrected chi connectivity index (χ1v) is 13.3. The lowest BCUT2D eigenvalue weighted by Crippen LogP contribution is -2.62. The second kappa shape index (κ2) is 12.7. The molecule has 2 aromatic rings. The molecule has 1 amide bonds. The van der Waals surface area contributed by atoms with Gasteiger partial charge >= 0.3 is 5.97 Å². The van der Waals surface area contributed by atoms with Crippen LogP contribution in [0.25, 0.3) is 0 Å². The van der Waals surface area contributed by atoms with Crippen LogP contribution in [-0.4, -0.2) is 48.4 Å². The first-order valence-electron chi connectivity index (χ1n) is 12.1. The van der Waals surface area contributed by atoms with E-state index in [0.29, 0.717) is 17.3 Å². The number of esters is 1. The van der Waals surface area contributed by atoms with Crippen LogP contribution in [0.15, 0.2) is 59.3 Å². The second-order valence-electron chi connectivity index (χ2n) is 9.98. The molecule has 0 aromatic heterocycles. The Morgan fingerprint density at radius 2 is 1.71 bits per heavy atom.